The van der Waals surface area contributed by atoms with Crippen LogP contribution < -0.4 is 0 Å². The van der Waals surface area contributed by atoms with Crippen LogP contribution in [-0.4, -0.2) is 4.57 Å². The number of hydrogen-bond acceptors (Lipinski definition) is 4. The fourth-order valence-corrected chi connectivity index (χ4v) is 8.73. The Hall–Kier alpha value is -7.20. The van der Waals surface area contributed by atoms with Gasteiger partial charge in [0.05, 0.1) is 23.3 Å². The Morgan fingerprint density at radius 1 is 0.394 bits per heavy atom. The molecule has 0 fully saturated rings. The number of halogens is 4. The van der Waals surface area contributed by atoms with Crippen molar-refractivity contribution in [3.05, 3.63) is 174 Å². The van der Waals surface area contributed by atoms with Crippen LogP contribution in [-0.2, 0) is 35.1 Å². The number of aryl methyl sites for hydroxylation is 1. The third-order valence-electron chi connectivity index (χ3n) is 13.7. The molecule has 1 aromatic heterocycles. The van der Waals surface area contributed by atoms with E-state index >= 15 is 0 Å². The molecule has 6 aromatic carbocycles. The van der Waals surface area contributed by atoms with E-state index in [2.05, 4.69) is 180 Å². The highest BCUT2D eigenvalue weighted by atomic mass is 19.2. The zero-order valence-electron chi connectivity index (χ0n) is 44.4. The van der Waals surface area contributed by atoms with Crippen molar-refractivity contribution in [3.8, 4) is 35.4 Å². The quantitative estimate of drug-likeness (QED) is 0.112. The first kappa shape index (κ1) is 54.7. The molecule has 1 aliphatic carbocycles. The number of benzene rings is 6. The van der Waals surface area contributed by atoms with Gasteiger partial charge in [-0.05, 0) is 147 Å². The maximum atomic E-state index is 12.7. The van der Waals surface area contributed by atoms with Crippen LogP contribution >= 0.6 is 0 Å². The van der Waals surface area contributed by atoms with Crippen LogP contribution in [0.1, 0.15) is 161 Å². The van der Waals surface area contributed by atoms with Crippen LogP contribution in [0.3, 0.4) is 0 Å². The lowest BCUT2D eigenvalue weighted by Gasteiger charge is -2.21. The molecule has 0 unspecified atom stereocenters. The van der Waals surface area contributed by atoms with Gasteiger partial charge in [-0.1, -0.05) is 132 Å². The Morgan fingerprint density at radius 2 is 0.648 bits per heavy atom. The third kappa shape index (κ3) is 11.1. The summed E-state index contributed by atoms with van der Waals surface area (Å²) in [7, 11) is 2.16. The Kier molecular flexibility index (Phi) is 15.6. The highest BCUT2D eigenvalue weighted by Crippen LogP contribution is 2.41. The van der Waals surface area contributed by atoms with Crippen molar-refractivity contribution >= 4 is 21.8 Å². The standard InChI is InChI=1S/C21H27N.C21H26.C12H12N2.C8F4N2/c1-20(2,3)14-8-10-18-16(12-14)17-13-15(21(4,5)6)9-11-19(17)22(18)7;1-20(2,3)16-9-7-14-11-15-8-10-17(21(4,5)6)13-19(15)18(14)12-16;1-7-8(2)12(6-14)10(4)9(3)11(7)5-13;9-5-3(1-13)6(10)8(12)4(2-14)7(5)11/h8-13H,1-7H3;7-10,12-13H,11H2,1-6H3;1-4H3;. The summed E-state index contributed by atoms with van der Waals surface area (Å²) < 4.78 is 53.2. The summed E-state index contributed by atoms with van der Waals surface area (Å²) in [5.41, 5.74) is 17.3. The number of nitrogens with zero attached hydrogens (tertiary/aromatic N) is 5. The fourth-order valence-electron chi connectivity index (χ4n) is 8.73. The normalized spacial score (nSPS) is 11.9. The first-order valence-corrected chi connectivity index (χ1v) is 23.7. The number of aromatic nitrogens is 1. The fraction of sp³-hybridized carbons (Fsp3) is 0.355. The van der Waals surface area contributed by atoms with Gasteiger partial charge in [0, 0.05) is 28.9 Å². The minimum Gasteiger partial charge on any atom is -0.344 e. The van der Waals surface area contributed by atoms with E-state index in [1.165, 1.54) is 66.3 Å². The summed E-state index contributed by atoms with van der Waals surface area (Å²) in [5.74, 6) is -7.43. The molecule has 0 spiro atoms. The summed E-state index contributed by atoms with van der Waals surface area (Å²) in [6.45, 7) is 35.0. The Morgan fingerprint density at radius 3 is 0.901 bits per heavy atom. The molecule has 0 radical (unpaired) electrons. The van der Waals surface area contributed by atoms with Crippen molar-refractivity contribution in [3.63, 3.8) is 0 Å². The van der Waals surface area contributed by atoms with Crippen molar-refractivity contribution in [2.24, 2.45) is 7.05 Å². The number of nitriles is 4. The molecule has 9 heteroatoms. The van der Waals surface area contributed by atoms with E-state index in [4.69, 9.17) is 21.0 Å². The van der Waals surface area contributed by atoms with Crippen LogP contribution in [0, 0.1) is 96.3 Å². The minimum atomic E-state index is -1.86. The van der Waals surface area contributed by atoms with Crippen molar-refractivity contribution in [2.45, 2.75) is 139 Å². The summed E-state index contributed by atoms with van der Waals surface area (Å²) in [4.78, 5) is 0. The van der Waals surface area contributed by atoms with Crippen LogP contribution in [0.5, 0.6) is 0 Å². The maximum Gasteiger partial charge on any atom is 0.181 e. The van der Waals surface area contributed by atoms with E-state index in [1.807, 2.05) is 27.7 Å². The van der Waals surface area contributed by atoms with Gasteiger partial charge in [-0.2, -0.15) is 21.0 Å². The molecule has 7 aromatic rings. The lowest BCUT2D eigenvalue weighted by Crippen LogP contribution is -2.11. The maximum absolute atomic E-state index is 12.7. The molecule has 0 bridgehead atoms. The lowest BCUT2D eigenvalue weighted by molar-refractivity contribution is 0.446. The van der Waals surface area contributed by atoms with Crippen LogP contribution in [0.2, 0.25) is 0 Å². The second-order valence-corrected chi connectivity index (χ2v) is 22.6. The van der Waals surface area contributed by atoms with Gasteiger partial charge in [0.1, 0.15) is 23.3 Å². The molecule has 0 aliphatic heterocycles. The van der Waals surface area contributed by atoms with Gasteiger partial charge >= 0.3 is 0 Å². The molecular formula is C62H65F4N5. The smallest absolute Gasteiger partial charge is 0.181 e. The third-order valence-corrected chi connectivity index (χ3v) is 13.7. The molecule has 0 N–H and O–H groups in total. The molecule has 8 rings (SSSR count). The van der Waals surface area contributed by atoms with Gasteiger partial charge in [-0.15, -0.1) is 0 Å². The van der Waals surface area contributed by atoms with Gasteiger partial charge in [0.2, 0.25) is 0 Å². The van der Waals surface area contributed by atoms with E-state index in [1.54, 1.807) is 0 Å². The predicted molar refractivity (Wildman–Crippen MR) is 280 cm³/mol. The highest BCUT2D eigenvalue weighted by Gasteiger charge is 2.27. The van der Waals surface area contributed by atoms with Crippen molar-refractivity contribution < 1.29 is 17.6 Å². The molecule has 0 atom stereocenters. The first-order chi connectivity index (χ1) is 32.8. The average molecular weight is 956 g/mol. The molecular weight excluding hydrogens is 891 g/mol. The largest absolute Gasteiger partial charge is 0.344 e. The van der Waals surface area contributed by atoms with Crippen molar-refractivity contribution in [1.29, 1.82) is 21.0 Å². The van der Waals surface area contributed by atoms with Gasteiger partial charge < -0.3 is 4.57 Å². The van der Waals surface area contributed by atoms with Crippen LogP contribution in [0.25, 0.3) is 32.9 Å². The second-order valence-electron chi connectivity index (χ2n) is 22.6. The monoisotopic (exact) mass is 956 g/mol. The van der Waals surface area contributed by atoms with Gasteiger partial charge in [0.15, 0.2) is 23.3 Å². The SMILES string of the molecule is CC(C)(C)c1ccc2c(c1)-c1cc(C(C)(C)C)ccc1C2.Cc1c(C)c(C#N)c(C)c(C)c1C#N.Cn1c2ccc(C(C)(C)C)cc2c2cc(C(C)(C)C)ccc21.N#Cc1c(F)c(F)c(C#N)c(F)c1F. The summed E-state index contributed by atoms with van der Waals surface area (Å²) >= 11 is 0. The number of rotatable bonds is 0. The van der Waals surface area contributed by atoms with Gasteiger partial charge in [-0.25, -0.2) is 17.6 Å². The van der Waals surface area contributed by atoms with Gasteiger partial charge in [0.25, 0.3) is 0 Å². The minimum absolute atomic E-state index is 0.179. The predicted octanol–water partition coefficient (Wildman–Crippen LogP) is 16.4. The number of hydrogen-bond donors (Lipinski definition) is 0. The van der Waals surface area contributed by atoms with E-state index < -0.39 is 34.4 Å². The molecule has 0 amide bonds. The van der Waals surface area contributed by atoms with Gasteiger partial charge in [-0.3, -0.25) is 0 Å². The summed E-state index contributed by atoms with van der Waals surface area (Å²) in [6, 6.07) is 34.2. The van der Waals surface area contributed by atoms with E-state index in [9.17, 15) is 17.6 Å². The Labute approximate surface area is 418 Å². The zero-order chi connectivity index (χ0) is 53.5. The molecule has 71 heavy (non-hydrogen) atoms. The molecule has 0 saturated heterocycles. The lowest BCUT2D eigenvalue weighted by atomic mass is 9.83. The molecule has 5 nitrogen and oxygen atoms in total. The Bertz CT molecular complexity index is 3030. The Balaban J connectivity index is 0.000000180. The molecule has 1 heterocycles. The summed E-state index contributed by atoms with van der Waals surface area (Å²) in [5, 5.41) is 37.0. The topological polar surface area (TPSA) is 100 Å². The van der Waals surface area contributed by atoms with E-state index in [0.717, 1.165) is 40.8 Å². The molecule has 366 valence electrons. The van der Waals surface area contributed by atoms with Crippen LogP contribution in [0.15, 0.2) is 72.8 Å². The second kappa shape index (κ2) is 20.3. The van der Waals surface area contributed by atoms with Crippen molar-refractivity contribution in [2.75, 3.05) is 0 Å². The molecule has 0 saturated carbocycles. The van der Waals surface area contributed by atoms with E-state index in [0.29, 0.717) is 11.1 Å². The average Bonchev–Trinajstić information content (AvgIpc) is 3.81. The van der Waals surface area contributed by atoms with Crippen molar-refractivity contribution in [1.82, 2.24) is 4.57 Å². The van der Waals surface area contributed by atoms with E-state index in [-0.39, 0.29) is 21.7 Å². The first-order valence-electron chi connectivity index (χ1n) is 23.7. The van der Waals surface area contributed by atoms with Crippen LogP contribution in [0.4, 0.5) is 17.6 Å². The zero-order valence-corrected chi connectivity index (χ0v) is 44.4. The highest BCUT2D eigenvalue weighted by molar-refractivity contribution is 6.08. The summed E-state index contributed by atoms with van der Waals surface area (Å²) in [6.07, 6.45) is 1.08. The molecule has 1 aliphatic rings. The number of fused-ring (bicyclic) bond motifs is 6.